The highest BCUT2D eigenvalue weighted by atomic mass is 19.3. The van der Waals surface area contributed by atoms with E-state index in [1.807, 2.05) is 41.8 Å². The lowest BCUT2D eigenvalue weighted by Gasteiger charge is -2.16. The topological polar surface area (TPSA) is 85.6 Å². The molecule has 3 rings (SSSR count). The van der Waals surface area contributed by atoms with E-state index in [0.717, 1.165) is 12.1 Å². The summed E-state index contributed by atoms with van der Waals surface area (Å²) < 4.78 is 37.8. The Morgan fingerprint density at radius 1 is 1.12 bits per heavy atom. The van der Waals surface area contributed by atoms with Crippen molar-refractivity contribution in [2.75, 3.05) is 13.7 Å². The van der Waals surface area contributed by atoms with E-state index in [1.54, 1.807) is 25.5 Å². The van der Waals surface area contributed by atoms with Crippen LogP contribution in [-0.2, 0) is 13.1 Å². The van der Waals surface area contributed by atoms with Crippen LogP contribution >= 0.6 is 0 Å². The van der Waals surface area contributed by atoms with Crippen molar-refractivity contribution in [1.82, 2.24) is 25.4 Å². The summed E-state index contributed by atoms with van der Waals surface area (Å²) in [5.41, 5.74) is 1.49. The molecule has 0 saturated heterocycles. The molecule has 0 bridgehead atoms. The molecule has 0 aliphatic carbocycles. The summed E-state index contributed by atoms with van der Waals surface area (Å²) in [7, 11) is 1.62. The van der Waals surface area contributed by atoms with Gasteiger partial charge >= 0.3 is 6.61 Å². The second kappa shape index (κ2) is 11.6. The van der Waals surface area contributed by atoms with E-state index in [4.69, 9.17) is 4.74 Å². The highest BCUT2D eigenvalue weighted by molar-refractivity contribution is 5.79. The van der Waals surface area contributed by atoms with Gasteiger partial charge in [-0.1, -0.05) is 25.1 Å². The van der Waals surface area contributed by atoms with Gasteiger partial charge in [0.05, 0.1) is 13.2 Å². The van der Waals surface area contributed by atoms with E-state index in [-0.39, 0.29) is 12.3 Å². The number of alkyl halides is 2. The van der Waals surface area contributed by atoms with Gasteiger partial charge in [-0.25, -0.2) is 0 Å². The number of para-hydroxylation sites is 1. The van der Waals surface area contributed by atoms with Gasteiger partial charge in [0.15, 0.2) is 11.8 Å². The molecule has 10 heteroatoms. The maximum absolute atomic E-state index is 12.9. The third kappa shape index (κ3) is 6.40. The molecule has 0 amide bonds. The fourth-order valence-electron chi connectivity index (χ4n) is 2.94. The van der Waals surface area contributed by atoms with Gasteiger partial charge in [-0.05, 0) is 30.7 Å². The Kier molecular flexibility index (Phi) is 8.36. The predicted molar refractivity (Wildman–Crippen MR) is 117 cm³/mol. The summed E-state index contributed by atoms with van der Waals surface area (Å²) in [5.74, 6) is 1.70. The molecule has 0 aliphatic heterocycles. The second-order valence-electron chi connectivity index (χ2n) is 6.73. The van der Waals surface area contributed by atoms with E-state index in [2.05, 4.69) is 30.6 Å². The number of hydrogen-bond donors (Lipinski definition) is 2. The molecule has 3 aromatic rings. The summed E-state index contributed by atoms with van der Waals surface area (Å²) >= 11 is 0. The normalized spacial score (nSPS) is 11.5. The van der Waals surface area contributed by atoms with Crippen LogP contribution in [0, 0.1) is 0 Å². The molecule has 8 nitrogen and oxygen atoms in total. The van der Waals surface area contributed by atoms with Crippen molar-refractivity contribution < 1.29 is 18.3 Å². The predicted octanol–water partition coefficient (Wildman–Crippen LogP) is 3.52. The smallest absolute Gasteiger partial charge is 0.387 e. The number of ether oxygens (including phenoxy) is 2. The molecule has 0 radical (unpaired) electrons. The minimum absolute atomic E-state index is 0.0559. The summed E-state index contributed by atoms with van der Waals surface area (Å²) in [4.78, 5) is 4.18. The van der Waals surface area contributed by atoms with E-state index >= 15 is 0 Å². The van der Waals surface area contributed by atoms with Crippen LogP contribution in [-0.4, -0.2) is 41.0 Å². The fourth-order valence-corrected chi connectivity index (χ4v) is 2.94. The first-order valence-corrected chi connectivity index (χ1v) is 10.2. The molecule has 0 spiro atoms. The zero-order chi connectivity index (χ0) is 22.8. The molecule has 1 aromatic heterocycles. The number of guanidine groups is 1. The molecule has 0 unspecified atom stereocenters. The van der Waals surface area contributed by atoms with Crippen molar-refractivity contribution >= 4 is 5.96 Å². The number of nitrogens with one attached hydrogen (secondary N) is 2. The standard InChI is InChI=1S/C22H26F2N6O2/c1-3-11-31-18-10-9-16(19(12-18)32-21(23)24)13-26-22(25-2)27-14-20-29-28-15-30(20)17-7-5-4-6-8-17/h4-10,12,15,21H,3,11,13-14H2,1-2H3,(H2,25,26,27). The maximum atomic E-state index is 12.9. The Morgan fingerprint density at radius 3 is 2.62 bits per heavy atom. The van der Waals surface area contributed by atoms with E-state index < -0.39 is 6.61 Å². The lowest BCUT2D eigenvalue weighted by Crippen LogP contribution is -2.37. The van der Waals surface area contributed by atoms with Crippen molar-refractivity contribution in [3.63, 3.8) is 0 Å². The molecule has 1 heterocycles. The molecule has 0 fully saturated rings. The summed E-state index contributed by atoms with van der Waals surface area (Å²) in [6.45, 7) is 0.114. The monoisotopic (exact) mass is 444 g/mol. The van der Waals surface area contributed by atoms with Crippen LogP contribution < -0.4 is 20.1 Å². The SMILES string of the molecule is CCCOc1ccc(CNC(=NC)NCc2nncn2-c2ccccc2)c(OC(F)F)c1. The Hall–Kier alpha value is -3.69. The minimum atomic E-state index is -2.93. The van der Waals surface area contributed by atoms with Crippen LogP contribution in [0.15, 0.2) is 59.9 Å². The van der Waals surface area contributed by atoms with Crippen LogP contribution in [0.2, 0.25) is 0 Å². The van der Waals surface area contributed by atoms with E-state index in [0.29, 0.717) is 36.2 Å². The van der Waals surface area contributed by atoms with Crippen molar-refractivity contribution in [2.45, 2.75) is 33.0 Å². The quantitative estimate of drug-likeness (QED) is 0.368. The number of aliphatic imine (C=N–C) groups is 1. The van der Waals surface area contributed by atoms with Gasteiger partial charge in [0, 0.05) is 30.9 Å². The molecule has 0 atom stereocenters. The highest BCUT2D eigenvalue weighted by Gasteiger charge is 2.13. The van der Waals surface area contributed by atoms with Gasteiger partial charge in [-0.3, -0.25) is 9.56 Å². The van der Waals surface area contributed by atoms with Gasteiger partial charge < -0.3 is 20.1 Å². The Bertz CT molecular complexity index is 1010. The molecule has 32 heavy (non-hydrogen) atoms. The third-order valence-corrected chi connectivity index (χ3v) is 4.46. The van der Waals surface area contributed by atoms with Gasteiger partial charge in [0.1, 0.15) is 17.8 Å². The van der Waals surface area contributed by atoms with Crippen LogP contribution in [0.25, 0.3) is 5.69 Å². The summed E-state index contributed by atoms with van der Waals surface area (Å²) in [6, 6.07) is 14.6. The second-order valence-corrected chi connectivity index (χ2v) is 6.73. The summed E-state index contributed by atoms with van der Waals surface area (Å²) in [5, 5.41) is 14.4. The molecule has 0 saturated carbocycles. The number of nitrogens with zero attached hydrogens (tertiary/aromatic N) is 4. The van der Waals surface area contributed by atoms with Crippen molar-refractivity contribution in [3.05, 3.63) is 66.2 Å². The van der Waals surface area contributed by atoms with Gasteiger partial charge in [0.2, 0.25) is 0 Å². The van der Waals surface area contributed by atoms with Crippen LogP contribution in [0.4, 0.5) is 8.78 Å². The average molecular weight is 444 g/mol. The van der Waals surface area contributed by atoms with E-state index in [1.165, 1.54) is 6.07 Å². The number of hydrogen-bond acceptors (Lipinski definition) is 5. The van der Waals surface area contributed by atoms with Crippen molar-refractivity contribution in [1.29, 1.82) is 0 Å². The van der Waals surface area contributed by atoms with E-state index in [9.17, 15) is 8.78 Å². The number of aromatic nitrogens is 3. The molecule has 2 aromatic carbocycles. The lowest BCUT2D eigenvalue weighted by atomic mass is 10.2. The average Bonchev–Trinajstić information content (AvgIpc) is 3.27. The number of rotatable bonds is 10. The van der Waals surface area contributed by atoms with Gasteiger partial charge in [-0.15, -0.1) is 10.2 Å². The highest BCUT2D eigenvalue weighted by Crippen LogP contribution is 2.26. The van der Waals surface area contributed by atoms with Crippen molar-refractivity contribution in [3.8, 4) is 17.2 Å². The zero-order valence-corrected chi connectivity index (χ0v) is 18.0. The maximum Gasteiger partial charge on any atom is 0.387 e. The zero-order valence-electron chi connectivity index (χ0n) is 18.0. The molecular weight excluding hydrogens is 418 g/mol. The van der Waals surface area contributed by atoms with Crippen LogP contribution in [0.5, 0.6) is 11.5 Å². The Balaban J connectivity index is 1.63. The van der Waals surface area contributed by atoms with Gasteiger partial charge in [-0.2, -0.15) is 8.78 Å². The largest absolute Gasteiger partial charge is 0.493 e. The fraction of sp³-hybridized carbons (Fsp3) is 0.318. The van der Waals surface area contributed by atoms with Crippen LogP contribution in [0.1, 0.15) is 24.7 Å². The first kappa shape index (κ1) is 23.0. The molecule has 2 N–H and O–H groups in total. The summed E-state index contributed by atoms with van der Waals surface area (Å²) in [6.07, 6.45) is 2.45. The minimum Gasteiger partial charge on any atom is -0.493 e. The molecule has 0 aliphatic rings. The molecule has 170 valence electrons. The first-order chi connectivity index (χ1) is 15.6. The van der Waals surface area contributed by atoms with Crippen molar-refractivity contribution in [2.24, 2.45) is 4.99 Å². The third-order valence-electron chi connectivity index (χ3n) is 4.46. The molecular formula is C22H26F2N6O2. The van der Waals surface area contributed by atoms with Gasteiger partial charge in [0.25, 0.3) is 0 Å². The Labute approximate surface area is 185 Å². The Morgan fingerprint density at radius 2 is 1.91 bits per heavy atom. The number of benzene rings is 2. The van der Waals surface area contributed by atoms with Crippen LogP contribution in [0.3, 0.4) is 0 Å². The first-order valence-electron chi connectivity index (χ1n) is 10.2. The number of halogens is 2. The lowest BCUT2D eigenvalue weighted by molar-refractivity contribution is -0.0505.